The summed E-state index contributed by atoms with van der Waals surface area (Å²) in [6, 6.07) is 7.27. The standard InChI is InChI=1S/C16H23NO3/c1-2-3-4-11-20-15-7-5-13(6-8-15)16(19)17-10-9-14(18)12-17/h5-8,14,18H,2-4,9-12H2,1H3/t14-/m1/s1. The Morgan fingerprint density at radius 1 is 1.35 bits per heavy atom. The van der Waals surface area contributed by atoms with Gasteiger partial charge in [-0.2, -0.15) is 0 Å². The van der Waals surface area contributed by atoms with Crippen molar-refractivity contribution in [2.24, 2.45) is 0 Å². The van der Waals surface area contributed by atoms with Crippen LogP contribution in [0.15, 0.2) is 24.3 Å². The Morgan fingerprint density at radius 3 is 2.70 bits per heavy atom. The number of aliphatic hydroxyl groups excluding tert-OH is 1. The molecule has 0 radical (unpaired) electrons. The van der Waals surface area contributed by atoms with Gasteiger partial charge in [-0.25, -0.2) is 0 Å². The SMILES string of the molecule is CCCCCOc1ccc(C(=O)N2CC[C@@H](O)C2)cc1. The van der Waals surface area contributed by atoms with Crippen LogP contribution >= 0.6 is 0 Å². The summed E-state index contributed by atoms with van der Waals surface area (Å²) in [5.41, 5.74) is 0.653. The molecule has 1 aliphatic heterocycles. The van der Waals surface area contributed by atoms with Crippen molar-refractivity contribution in [3.8, 4) is 5.75 Å². The lowest BCUT2D eigenvalue weighted by atomic mass is 10.2. The molecule has 0 saturated carbocycles. The van der Waals surface area contributed by atoms with E-state index in [1.54, 1.807) is 17.0 Å². The molecule has 1 heterocycles. The number of hydrogen-bond acceptors (Lipinski definition) is 3. The van der Waals surface area contributed by atoms with Crippen molar-refractivity contribution in [1.29, 1.82) is 0 Å². The first kappa shape index (κ1) is 14.9. The van der Waals surface area contributed by atoms with E-state index in [4.69, 9.17) is 4.74 Å². The topological polar surface area (TPSA) is 49.8 Å². The summed E-state index contributed by atoms with van der Waals surface area (Å²) in [5.74, 6) is 0.790. The van der Waals surface area contributed by atoms with E-state index >= 15 is 0 Å². The number of ether oxygens (including phenoxy) is 1. The Morgan fingerprint density at radius 2 is 2.10 bits per heavy atom. The van der Waals surface area contributed by atoms with Crippen LogP contribution in [-0.4, -0.2) is 41.7 Å². The van der Waals surface area contributed by atoms with Crippen molar-refractivity contribution in [2.75, 3.05) is 19.7 Å². The second kappa shape index (κ2) is 7.29. The summed E-state index contributed by atoms with van der Waals surface area (Å²) >= 11 is 0. The van der Waals surface area contributed by atoms with Gasteiger partial charge in [0.15, 0.2) is 0 Å². The maximum Gasteiger partial charge on any atom is 0.253 e. The van der Waals surface area contributed by atoms with Gasteiger partial charge in [0.25, 0.3) is 5.91 Å². The predicted octanol–water partition coefficient (Wildman–Crippen LogP) is 2.46. The van der Waals surface area contributed by atoms with Crippen molar-refractivity contribution in [1.82, 2.24) is 4.90 Å². The molecule has 1 aromatic carbocycles. The monoisotopic (exact) mass is 277 g/mol. The number of unbranched alkanes of at least 4 members (excludes halogenated alkanes) is 2. The van der Waals surface area contributed by atoms with Crippen LogP contribution in [0.4, 0.5) is 0 Å². The Hall–Kier alpha value is -1.55. The number of likely N-dealkylation sites (tertiary alicyclic amines) is 1. The summed E-state index contributed by atoms with van der Waals surface area (Å²) < 4.78 is 5.62. The van der Waals surface area contributed by atoms with Crippen molar-refractivity contribution >= 4 is 5.91 Å². The highest BCUT2D eigenvalue weighted by molar-refractivity contribution is 5.94. The Labute approximate surface area is 120 Å². The zero-order valence-electron chi connectivity index (χ0n) is 12.0. The van der Waals surface area contributed by atoms with Crippen LogP contribution in [0.1, 0.15) is 43.0 Å². The van der Waals surface area contributed by atoms with Gasteiger partial charge in [0.1, 0.15) is 5.75 Å². The Kier molecular flexibility index (Phi) is 5.41. The third-order valence-corrected chi connectivity index (χ3v) is 3.57. The third kappa shape index (κ3) is 3.97. The van der Waals surface area contributed by atoms with Crippen molar-refractivity contribution in [3.63, 3.8) is 0 Å². The number of hydrogen-bond donors (Lipinski definition) is 1. The number of carbonyl (C=O) groups excluding carboxylic acids is 1. The average Bonchev–Trinajstić information content (AvgIpc) is 2.90. The van der Waals surface area contributed by atoms with Crippen LogP contribution in [0.2, 0.25) is 0 Å². The molecular weight excluding hydrogens is 254 g/mol. The number of β-amino-alcohol motifs (C(OH)–C–C–N with tert-alkyl or cyclic N) is 1. The minimum Gasteiger partial charge on any atom is -0.494 e. The largest absolute Gasteiger partial charge is 0.494 e. The minimum absolute atomic E-state index is 0.0147. The summed E-state index contributed by atoms with van der Waals surface area (Å²) in [7, 11) is 0. The quantitative estimate of drug-likeness (QED) is 0.813. The van der Waals surface area contributed by atoms with Gasteiger partial charge in [-0.1, -0.05) is 19.8 Å². The average molecular weight is 277 g/mol. The molecule has 1 fully saturated rings. The number of benzene rings is 1. The summed E-state index contributed by atoms with van der Waals surface area (Å²) in [4.78, 5) is 13.9. The fraction of sp³-hybridized carbons (Fsp3) is 0.562. The number of rotatable bonds is 6. The van der Waals surface area contributed by atoms with E-state index in [-0.39, 0.29) is 12.0 Å². The van der Waals surface area contributed by atoms with Gasteiger partial charge in [0, 0.05) is 18.7 Å². The second-order valence-electron chi connectivity index (χ2n) is 5.27. The highest BCUT2D eigenvalue weighted by Crippen LogP contribution is 2.17. The normalized spacial score (nSPS) is 18.3. The highest BCUT2D eigenvalue weighted by Gasteiger charge is 2.25. The van der Waals surface area contributed by atoms with Crippen LogP contribution < -0.4 is 4.74 Å². The third-order valence-electron chi connectivity index (χ3n) is 3.57. The first-order chi connectivity index (χ1) is 9.70. The smallest absolute Gasteiger partial charge is 0.253 e. The lowest BCUT2D eigenvalue weighted by molar-refractivity contribution is 0.0765. The highest BCUT2D eigenvalue weighted by atomic mass is 16.5. The van der Waals surface area contributed by atoms with Gasteiger partial charge in [-0.3, -0.25) is 4.79 Å². The van der Waals surface area contributed by atoms with Crippen LogP contribution in [0.25, 0.3) is 0 Å². The van der Waals surface area contributed by atoms with E-state index < -0.39 is 0 Å². The first-order valence-electron chi connectivity index (χ1n) is 7.41. The van der Waals surface area contributed by atoms with E-state index in [2.05, 4.69) is 6.92 Å². The van der Waals surface area contributed by atoms with Gasteiger partial charge in [0.05, 0.1) is 12.7 Å². The van der Waals surface area contributed by atoms with Gasteiger partial charge in [0.2, 0.25) is 0 Å². The molecule has 1 N–H and O–H groups in total. The molecule has 2 rings (SSSR count). The summed E-state index contributed by atoms with van der Waals surface area (Å²) in [6.07, 6.45) is 3.71. The van der Waals surface area contributed by atoms with Crippen LogP contribution in [0.5, 0.6) is 5.75 Å². The number of nitrogens with zero attached hydrogens (tertiary/aromatic N) is 1. The predicted molar refractivity (Wildman–Crippen MR) is 78.0 cm³/mol. The van der Waals surface area contributed by atoms with E-state index in [1.807, 2.05) is 12.1 Å². The lowest BCUT2D eigenvalue weighted by Gasteiger charge is -2.15. The maximum absolute atomic E-state index is 12.2. The first-order valence-corrected chi connectivity index (χ1v) is 7.41. The van der Waals surface area contributed by atoms with Gasteiger partial charge >= 0.3 is 0 Å². The summed E-state index contributed by atoms with van der Waals surface area (Å²) in [5, 5.41) is 9.47. The number of amides is 1. The van der Waals surface area contributed by atoms with Crippen LogP contribution in [0, 0.1) is 0 Å². The van der Waals surface area contributed by atoms with Gasteiger partial charge in [-0.15, -0.1) is 0 Å². The van der Waals surface area contributed by atoms with Crippen molar-refractivity contribution in [3.05, 3.63) is 29.8 Å². The second-order valence-corrected chi connectivity index (χ2v) is 5.27. The molecule has 1 aromatic rings. The zero-order valence-corrected chi connectivity index (χ0v) is 12.0. The molecular formula is C16H23NO3. The molecule has 4 nitrogen and oxygen atoms in total. The molecule has 0 aromatic heterocycles. The molecule has 0 aliphatic carbocycles. The fourth-order valence-electron chi connectivity index (χ4n) is 2.34. The Bertz CT molecular complexity index is 430. The molecule has 0 unspecified atom stereocenters. The Balaban J connectivity index is 1.86. The lowest BCUT2D eigenvalue weighted by Crippen LogP contribution is -2.29. The van der Waals surface area contributed by atoms with Gasteiger partial charge in [-0.05, 0) is 37.1 Å². The molecule has 0 bridgehead atoms. The number of carbonyl (C=O) groups is 1. The van der Waals surface area contributed by atoms with E-state index in [1.165, 1.54) is 12.8 Å². The number of aliphatic hydroxyl groups is 1. The molecule has 1 saturated heterocycles. The van der Waals surface area contributed by atoms with Crippen molar-refractivity contribution in [2.45, 2.75) is 38.7 Å². The van der Waals surface area contributed by atoms with Crippen molar-refractivity contribution < 1.29 is 14.6 Å². The maximum atomic E-state index is 12.2. The van der Waals surface area contributed by atoms with E-state index in [0.717, 1.165) is 18.8 Å². The minimum atomic E-state index is -0.375. The summed E-state index contributed by atoms with van der Waals surface area (Å²) in [6.45, 7) is 3.96. The fourth-order valence-corrected chi connectivity index (χ4v) is 2.34. The molecule has 1 aliphatic rings. The molecule has 110 valence electrons. The zero-order chi connectivity index (χ0) is 14.4. The molecule has 4 heteroatoms. The molecule has 0 spiro atoms. The van der Waals surface area contributed by atoms with Crippen LogP contribution in [-0.2, 0) is 0 Å². The van der Waals surface area contributed by atoms with E-state index in [0.29, 0.717) is 25.1 Å². The van der Waals surface area contributed by atoms with Crippen LogP contribution in [0.3, 0.4) is 0 Å². The van der Waals surface area contributed by atoms with Gasteiger partial charge < -0.3 is 14.7 Å². The van der Waals surface area contributed by atoms with E-state index in [9.17, 15) is 9.90 Å². The molecule has 1 atom stereocenters. The molecule has 1 amide bonds. The molecule has 20 heavy (non-hydrogen) atoms.